The average Bonchev–Trinajstić information content (AvgIpc) is 2.54. The monoisotopic (exact) mass is 291 g/mol. The van der Waals surface area contributed by atoms with Crippen LogP contribution in [0.25, 0.3) is 0 Å². The maximum Gasteiger partial charge on any atom is 0.241 e. The summed E-state index contributed by atoms with van der Waals surface area (Å²) in [6, 6.07) is 7.96. The third-order valence-corrected chi connectivity index (χ3v) is 4.06. The maximum absolute atomic E-state index is 12.5. The summed E-state index contributed by atoms with van der Waals surface area (Å²) in [4.78, 5) is 14.3. The largest absolute Gasteiger partial charge is 0.496 e. The van der Waals surface area contributed by atoms with E-state index < -0.39 is 0 Å². The predicted molar refractivity (Wildman–Crippen MR) is 83.6 cm³/mol. The Bertz CT molecular complexity index is 472. The van der Waals surface area contributed by atoms with Crippen molar-refractivity contribution in [3.63, 3.8) is 0 Å². The molecule has 1 saturated heterocycles. The molecule has 5 heteroatoms. The van der Waals surface area contributed by atoms with E-state index >= 15 is 0 Å². The van der Waals surface area contributed by atoms with E-state index in [4.69, 9.17) is 4.74 Å². The van der Waals surface area contributed by atoms with Crippen molar-refractivity contribution in [3.05, 3.63) is 29.8 Å². The summed E-state index contributed by atoms with van der Waals surface area (Å²) in [6.07, 6.45) is 0.784. The normalized spacial score (nSPS) is 19.9. The number of carbonyl (C=O) groups excluding carboxylic acids is 1. The number of benzene rings is 1. The second-order valence-electron chi connectivity index (χ2n) is 5.52. The first-order chi connectivity index (χ1) is 10.1. The Hall–Kier alpha value is -1.59. The van der Waals surface area contributed by atoms with Crippen LogP contribution < -0.4 is 15.4 Å². The molecule has 1 heterocycles. The molecule has 5 nitrogen and oxygen atoms in total. The molecule has 1 aliphatic heterocycles. The number of piperazine rings is 1. The number of nitrogens with zero attached hydrogens (tertiary/aromatic N) is 1. The third kappa shape index (κ3) is 3.95. The molecule has 0 bridgehead atoms. The molecule has 0 radical (unpaired) electrons. The van der Waals surface area contributed by atoms with Crippen LogP contribution in [0.15, 0.2) is 24.3 Å². The van der Waals surface area contributed by atoms with Crippen LogP contribution >= 0.6 is 0 Å². The van der Waals surface area contributed by atoms with E-state index in [0.717, 1.165) is 30.8 Å². The van der Waals surface area contributed by atoms with Gasteiger partial charge in [0.2, 0.25) is 5.91 Å². The van der Waals surface area contributed by atoms with Gasteiger partial charge in [0.15, 0.2) is 0 Å². The van der Waals surface area contributed by atoms with E-state index in [2.05, 4.69) is 17.6 Å². The maximum atomic E-state index is 12.5. The molecule has 116 valence electrons. The lowest BCUT2D eigenvalue weighted by Gasteiger charge is -2.32. The number of rotatable bonds is 5. The van der Waals surface area contributed by atoms with Gasteiger partial charge in [-0.2, -0.15) is 0 Å². The van der Waals surface area contributed by atoms with Gasteiger partial charge < -0.3 is 20.3 Å². The van der Waals surface area contributed by atoms with Crippen molar-refractivity contribution in [1.29, 1.82) is 0 Å². The molecule has 2 atom stereocenters. The van der Waals surface area contributed by atoms with E-state index in [9.17, 15) is 4.79 Å². The van der Waals surface area contributed by atoms with Crippen molar-refractivity contribution < 1.29 is 9.53 Å². The molecule has 2 N–H and O–H groups in total. The fourth-order valence-electron chi connectivity index (χ4n) is 2.62. The van der Waals surface area contributed by atoms with E-state index in [1.165, 1.54) is 0 Å². The number of carbonyl (C=O) groups is 1. The topological polar surface area (TPSA) is 53.6 Å². The molecule has 1 aromatic rings. The first-order valence-corrected chi connectivity index (χ1v) is 7.46. The van der Waals surface area contributed by atoms with Crippen molar-refractivity contribution >= 4 is 5.91 Å². The van der Waals surface area contributed by atoms with Crippen LogP contribution in [0.4, 0.5) is 0 Å². The van der Waals surface area contributed by atoms with Gasteiger partial charge in [0.1, 0.15) is 5.75 Å². The summed E-state index contributed by atoms with van der Waals surface area (Å²) < 4.78 is 5.38. The Labute approximate surface area is 126 Å². The Kier molecular flexibility index (Phi) is 5.59. The number of amides is 1. The first kappa shape index (κ1) is 15.8. The minimum absolute atomic E-state index is 0.121. The Morgan fingerprint density at radius 3 is 2.86 bits per heavy atom. The number of ether oxygens (including phenoxy) is 1. The Balaban J connectivity index is 1.98. The van der Waals surface area contributed by atoms with Crippen LogP contribution in [0.2, 0.25) is 0 Å². The molecular weight excluding hydrogens is 266 g/mol. The number of para-hydroxylation sites is 1. The summed E-state index contributed by atoms with van der Waals surface area (Å²) in [5.74, 6) is 1.02. The van der Waals surface area contributed by atoms with E-state index in [0.29, 0.717) is 6.54 Å². The minimum Gasteiger partial charge on any atom is -0.496 e. The fourth-order valence-corrected chi connectivity index (χ4v) is 2.62. The smallest absolute Gasteiger partial charge is 0.241 e. The predicted octanol–water partition coefficient (Wildman–Crippen LogP) is 0.646. The van der Waals surface area contributed by atoms with Crippen LogP contribution in [0.3, 0.4) is 0 Å². The molecule has 1 aliphatic rings. The van der Waals surface area contributed by atoms with Gasteiger partial charge in [-0.15, -0.1) is 0 Å². The van der Waals surface area contributed by atoms with Crippen LogP contribution in [0.1, 0.15) is 12.5 Å². The summed E-state index contributed by atoms with van der Waals surface area (Å²) in [6.45, 7) is 4.53. The van der Waals surface area contributed by atoms with Gasteiger partial charge >= 0.3 is 0 Å². The molecular formula is C16H25N3O2. The fraction of sp³-hybridized carbons (Fsp3) is 0.562. The number of hydrogen-bond acceptors (Lipinski definition) is 4. The summed E-state index contributed by atoms with van der Waals surface area (Å²) in [5, 5.41) is 6.51. The van der Waals surface area contributed by atoms with Crippen molar-refractivity contribution in [2.75, 3.05) is 33.8 Å². The zero-order valence-corrected chi connectivity index (χ0v) is 13.1. The Morgan fingerprint density at radius 2 is 2.19 bits per heavy atom. The molecule has 2 rings (SSSR count). The summed E-state index contributed by atoms with van der Waals surface area (Å²) in [5.41, 5.74) is 1.13. The van der Waals surface area contributed by atoms with E-state index in [1.807, 2.05) is 36.2 Å². The number of methoxy groups -OCH3 is 1. The molecule has 0 spiro atoms. The second kappa shape index (κ2) is 7.43. The quantitative estimate of drug-likeness (QED) is 0.836. The summed E-state index contributed by atoms with van der Waals surface area (Å²) in [7, 11) is 3.55. The van der Waals surface area contributed by atoms with Gasteiger partial charge in [-0.3, -0.25) is 4.79 Å². The molecule has 1 aromatic carbocycles. The lowest BCUT2D eigenvalue weighted by atomic mass is 10.0. The van der Waals surface area contributed by atoms with Gasteiger partial charge in [-0.25, -0.2) is 0 Å². The second-order valence-corrected chi connectivity index (χ2v) is 5.52. The zero-order valence-electron chi connectivity index (χ0n) is 13.1. The SMILES string of the molecule is COc1ccccc1CC(C)N(C)C(=O)C1CNCCN1. The molecule has 21 heavy (non-hydrogen) atoms. The Morgan fingerprint density at radius 1 is 1.43 bits per heavy atom. The number of likely N-dealkylation sites (N-methyl/N-ethyl adjacent to an activating group) is 1. The van der Waals surface area contributed by atoms with Crippen molar-refractivity contribution in [1.82, 2.24) is 15.5 Å². The van der Waals surface area contributed by atoms with Crippen LogP contribution in [-0.2, 0) is 11.2 Å². The van der Waals surface area contributed by atoms with Crippen molar-refractivity contribution in [2.24, 2.45) is 0 Å². The third-order valence-electron chi connectivity index (χ3n) is 4.06. The lowest BCUT2D eigenvalue weighted by Crippen LogP contribution is -2.57. The van der Waals surface area contributed by atoms with Crippen molar-refractivity contribution in [2.45, 2.75) is 25.4 Å². The molecule has 0 aromatic heterocycles. The van der Waals surface area contributed by atoms with Gasteiger partial charge in [0.25, 0.3) is 0 Å². The number of hydrogen-bond donors (Lipinski definition) is 2. The molecule has 2 unspecified atom stereocenters. The van der Waals surface area contributed by atoms with Crippen LogP contribution in [0.5, 0.6) is 5.75 Å². The summed E-state index contributed by atoms with van der Waals surface area (Å²) >= 11 is 0. The molecule has 0 saturated carbocycles. The average molecular weight is 291 g/mol. The van der Waals surface area contributed by atoms with Gasteiger partial charge in [-0.05, 0) is 25.0 Å². The first-order valence-electron chi connectivity index (χ1n) is 7.46. The highest BCUT2D eigenvalue weighted by atomic mass is 16.5. The van der Waals surface area contributed by atoms with Crippen LogP contribution in [0, 0.1) is 0 Å². The van der Waals surface area contributed by atoms with Crippen LogP contribution in [-0.4, -0.2) is 56.7 Å². The van der Waals surface area contributed by atoms with E-state index in [-0.39, 0.29) is 18.0 Å². The molecule has 1 amide bonds. The lowest BCUT2D eigenvalue weighted by molar-refractivity contribution is -0.134. The standard InChI is InChI=1S/C16H25N3O2/c1-12(10-13-6-4-5-7-15(13)21-3)19(2)16(20)14-11-17-8-9-18-14/h4-7,12,14,17-18H,8-11H2,1-3H3. The van der Waals surface area contributed by atoms with Crippen molar-refractivity contribution in [3.8, 4) is 5.75 Å². The minimum atomic E-state index is -0.121. The van der Waals surface area contributed by atoms with Gasteiger partial charge in [-0.1, -0.05) is 18.2 Å². The van der Waals surface area contributed by atoms with E-state index in [1.54, 1.807) is 7.11 Å². The van der Waals surface area contributed by atoms with Gasteiger partial charge in [0, 0.05) is 32.7 Å². The molecule has 0 aliphatic carbocycles. The highest BCUT2D eigenvalue weighted by Gasteiger charge is 2.26. The zero-order chi connectivity index (χ0) is 15.2. The highest BCUT2D eigenvalue weighted by Crippen LogP contribution is 2.20. The molecule has 1 fully saturated rings. The highest BCUT2D eigenvalue weighted by molar-refractivity contribution is 5.82. The number of nitrogens with one attached hydrogen (secondary N) is 2. The van der Waals surface area contributed by atoms with Gasteiger partial charge in [0.05, 0.1) is 13.2 Å².